The number of benzene rings is 2. The maximum Gasteiger partial charge on any atom is 0.259 e. The molecular weight excluding hydrogens is 456 g/mol. The number of amides is 2. The molecule has 190 valence electrons. The molecule has 1 aliphatic carbocycles. The van der Waals surface area contributed by atoms with Crippen LogP contribution in [0, 0.1) is 5.92 Å². The van der Waals surface area contributed by atoms with Crippen LogP contribution in [0.3, 0.4) is 0 Å². The van der Waals surface area contributed by atoms with Crippen LogP contribution in [0.2, 0.25) is 0 Å². The summed E-state index contributed by atoms with van der Waals surface area (Å²) in [5.74, 6) is 1.59. The second kappa shape index (κ2) is 10.3. The van der Waals surface area contributed by atoms with Crippen LogP contribution in [0.25, 0.3) is 11.0 Å². The summed E-state index contributed by atoms with van der Waals surface area (Å²) < 4.78 is 13.2. The van der Waals surface area contributed by atoms with Gasteiger partial charge in [0.05, 0.1) is 35.5 Å². The number of nitrogens with one attached hydrogen (secondary N) is 1. The Morgan fingerprint density at radius 3 is 2.69 bits per heavy atom. The van der Waals surface area contributed by atoms with E-state index in [-0.39, 0.29) is 17.9 Å². The number of carbonyl (C=O) groups is 2. The molecule has 0 bridgehead atoms. The van der Waals surface area contributed by atoms with Gasteiger partial charge in [-0.25, -0.2) is 4.98 Å². The number of carbonyl (C=O) groups excluding carboxylic acids is 2. The Bertz CT molecular complexity index is 1270. The summed E-state index contributed by atoms with van der Waals surface area (Å²) in [6.07, 6.45) is 5.16. The van der Waals surface area contributed by atoms with E-state index in [1.165, 1.54) is 0 Å². The molecule has 1 aromatic heterocycles. The zero-order chi connectivity index (χ0) is 25.2. The number of hydrogen-bond donors (Lipinski definition) is 1. The molecule has 2 amide bonds. The third-order valence-electron chi connectivity index (χ3n) is 7.14. The highest BCUT2D eigenvalue weighted by Gasteiger charge is 2.31. The highest BCUT2D eigenvalue weighted by Crippen LogP contribution is 2.32. The van der Waals surface area contributed by atoms with E-state index in [2.05, 4.69) is 5.32 Å². The average Bonchev–Trinajstić information content (AvgIpc) is 3.44. The monoisotopic (exact) mass is 490 g/mol. The Morgan fingerprint density at radius 1 is 1.19 bits per heavy atom. The van der Waals surface area contributed by atoms with Crippen LogP contribution >= 0.6 is 0 Å². The number of imidazole rings is 1. The van der Waals surface area contributed by atoms with E-state index >= 15 is 0 Å². The van der Waals surface area contributed by atoms with Crippen molar-refractivity contribution in [2.45, 2.75) is 45.1 Å². The molecule has 1 N–H and O–H groups in total. The lowest BCUT2D eigenvalue weighted by Gasteiger charge is -2.26. The molecule has 1 atom stereocenters. The van der Waals surface area contributed by atoms with Crippen molar-refractivity contribution < 1.29 is 19.1 Å². The van der Waals surface area contributed by atoms with Crippen LogP contribution in [0.4, 0.5) is 5.69 Å². The third kappa shape index (κ3) is 4.95. The van der Waals surface area contributed by atoms with Crippen molar-refractivity contribution in [3.05, 3.63) is 53.3 Å². The Balaban J connectivity index is 1.52. The van der Waals surface area contributed by atoms with Gasteiger partial charge in [-0.05, 0) is 55.9 Å². The maximum atomic E-state index is 13.8. The molecule has 5 rings (SSSR count). The second-order valence-electron chi connectivity index (χ2n) is 9.78. The van der Waals surface area contributed by atoms with Crippen molar-refractivity contribution in [2.75, 3.05) is 32.1 Å². The van der Waals surface area contributed by atoms with Crippen LogP contribution in [-0.4, -0.2) is 59.2 Å². The van der Waals surface area contributed by atoms with E-state index < -0.39 is 0 Å². The maximum absolute atomic E-state index is 13.8. The van der Waals surface area contributed by atoms with E-state index in [1.807, 2.05) is 35.6 Å². The molecule has 8 nitrogen and oxygen atoms in total. The van der Waals surface area contributed by atoms with Gasteiger partial charge in [0.25, 0.3) is 11.8 Å². The van der Waals surface area contributed by atoms with E-state index in [9.17, 15) is 9.59 Å². The molecule has 0 radical (unpaired) electrons. The van der Waals surface area contributed by atoms with Gasteiger partial charge in [0.2, 0.25) is 0 Å². The quantitative estimate of drug-likeness (QED) is 0.480. The molecule has 36 heavy (non-hydrogen) atoms. The molecule has 8 heteroatoms. The van der Waals surface area contributed by atoms with Crippen molar-refractivity contribution in [1.29, 1.82) is 0 Å². The zero-order valence-corrected chi connectivity index (χ0v) is 21.3. The molecule has 1 aliphatic heterocycles. The number of anilines is 1. The standard InChI is InChI=1S/C28H34N4O4/c1-4-25-29-22-14-19(28(34)32(16-18-11-12-18)17-20-8-7-13-36-20)15-23(26(22)31(25)2)30-27(33)21-9-5-6-10-24(21)35-3/h5-6,9-10,14-15,18,20H,4,7-8,11-13,16-17H2,1-3H3,(H,30,33)/t20-/m1/s1. The zero-order valence-electron chi connectivity index (χ0n) is 21.3. The molecule has 3 aromatic rings. The molecule has 1 saturated heterocycles. The molecule has 2 heterocycles. The van der Waals surface area contributed by atoms with Gasteiger partial charge in [-0.1, -0.05) is 19.1 Å². The number of hydrogen-bond acceptors (Lipinski definition) is 5. The van der Waals surface area contributed by atoms with Gasteiger partial charge in [0.1, 0.15) is 11.6 Å². The van der Waals surface area contributed by atoms with Crippen LogP contribution in [0.15, 0.2) is 36.4 Å². The van der Waals surface area contributed by atoms with Gasteiger partial charge < -0.3 is 24.3 Å². The van der Waals surface area contributed by atoms with Crippen molar-refractivity contribution in [3.63, 3.8) is 0 Å². The Hall–Kier alpha value is -3.39. The van der Waals surface area contributed by atoms with E-state index in [0.29, 0.717) is 40.5 Å². The number of aromatic nitrogens is 2. The number of nitrogens with zero attached hydrogens (tertiary/aromatic N) is 3. The minimum absolute atomic E-state index is 0.0456. The van der Waals surface area contributed by atoms with Gasteiger partial charge in [0, 0.05) is 38.7 Å². The lowest BCUT2D eigenvalue weighted by molar-refractivity contribution is 0.0515. The second-order valence-corrected chi connectivity index (χ2v) is 9.78. The summed E-state index contributed by atoms with van der Waals surface area (Å²) >= 11 is 0. The van der Waals surface area contributed by atoms with Gasteiger partial charge >= 0.3 is 0 Å². The Morgan fingerprint density at radius 2 is 2.00 bits per heavy atom. The number of ether oxygens (including phenoxy) is 2. The molecular formula is C28H34N4O4. The molecule has 2 aliphatic rings. The Kier molecular flexibility index (Phi) is 6.96. The minimum Gasteiger partial charge on any atom is -0.496 e. The summed E-state index contributed by atoms with van der Waals surface area (Å²) in [6, 6.07) is 10.7. The fraction of sp³-hybridized carbons (Fsp3) is 0.464. The highest BCUT2D eigenvalue weighted by atomic mass is 16.5. The topological polar surface area (TPSA) is 85.7 Å². The molecule has 2 fully saturated rings. The first-order valence-electron chi connectivity index (χ1n) is 12.8. The van der Waals surface area contributed by atoms with Crippen LogP contribution in [-0.2, 0) is 18.2 Å². The normalized spacial score (nSPS) is 17.4. The number of aryl methyl sites for hydroxylation is 2. The fourth-order valence-corrected chi connectivity index (χ4v) is 5.03. The third-order valence-corrected chi connectivity index (χ3v) is 7.14. The summed E-state index contributed by atoms with van der Waals surface area (Å²) in [4.78, 5) is 33.8. The summed E-state index contributed by atoms with van der Waals surface area (Å²) in [7, 11) is 3.48. The first-order chi connectivity index (χ1) is 17.5. The molecule has 2 aromatic carbocycles. The lowest BCUT2D eigenvalue weighted by Crippen LogP contribution is -2.38. The predicted octanol–water partition coefficient (Wildman–Crippen LogP) is 4.43. The van der Waals surface area contributed by atoms with E-state index in [0.717, 1.165) is 56.6 Å². The van der Waals surface area contributed by atoms with Crippen LogP contribution in [0.5, 0.6) is 5.75 Å². The minimum atomic E-state index is -0.299. The Labute approximate surface area is 211 Å². The summed E-state index contributed by atoms with van der Waals surface area (Å²) in [5, 5.41) is 3.04. The van der Waals surface area contributed by atoms with Gasteiger partial charge in [-0.15, -0.1) is 0 Å². The van der Waals surface area contributed by atoms with Crippen molar-refractivity contribution in [1.82, 2.24) is 14.5 Å². The average molecular weight is 491 g/mol. The number of rotatable bonds is 9. The smallest absolute Gasteiger partial charge is 0.259 e. The first kappa shape index (κ1) is 24.3. The lowest BCUT2D eigenvalue weighted by atomic mass is 10.1. The fourth-order valence-electron chi connectivity index (χ4n) is 5.03. The van der Waals surface area contributed by atoms with Crippen molar-refractivity contribution in [3.8, 4) is 5.75 Å². The van der Waals surface area contributed by atoms with Crippen molar-refractivity contribution in [2.24, 2.45) is 13.0 Å². The van der Waals surface area contributed by atoms with Gasteiger partial charge in [0.15, 0.2) is 0 Å². The molecule has 0 unspecified atom stereocenters. The number of methoxy groups -OCH3 is 1. The summed E-state index contributed by atoms with van der Waals surface area (Å²) in [5.41, 5.74) is 3.00. The number of para-hydroxylation sites is 1. The largest absolute Gasteiger partial charge is 0.496 e. The molecule has 1 saturated carbocycles. The SMILES string of the molecule is CCc1nc2cc(C(=O)N(CC3CC3)C[C@H]3CCCO3)cc(NC(=O)c3ccccc3OC)c2n1C. The van der Waals surface area contributed by atoms with E-state index in [4.69, 9.17) is 14.5 Å². The van der Waals surface area contributed by atoms with Gasteiger partial charge in [-0.3, -0.25) is 9.59 Å². The predicted molar refractivity (Wildman–Crippen MR) is 139 cm³/mol. The van der Waals surface area contributed by atoms with Crippen molar-refractivity contribution >= 4 is 28.5 Å². The molecule has 0 spiro atoms. The van der Waals surface area contributed by atoms with Crippen LogP contribution in [0.1, 0.15) is 59.1 Å². The summed E-state index contributed by atoms with van der Waals surface area (Å²) in [6.45, 7) is 4.13. The number of fused-ring (bicyclic) bond motifs is 1. The first-order valence-corrected chi connectivity index (χ1v) is 12.8. The highest BCUT2D eigenvalue weighted by molar-refractivity contribution is 6.11. The van der Waals surface area contributed by atoms with E-state index in [1.54, 1.807) is 31.4 Å². The van der Waals surface area contributed by atoms with Gasteiger partial charge in [-0.2, -0.15) is 0 Å². The van der Waals surface area contributed by atoms with Crippen LogP contribution < -0.4 is 10.1 Å².